The van der Waals surface area contributed by atoms with Gasteiger partial charge in [-0.2, -0.15) is 0 Å². The van der Waals surface area contributed by atoms with E-state index in [1.807, 2.05) is 50.2 Å². The Hall–Kier alpha value is -2.09. The Balaban J connectivity index is 2.23. The summed E-state index contributed by atoms with van der Waals surface area (Å²) in [5, 5.41) is 2.96. The molecule has 2 aromatic rings. The van der Waals surface area contributed by atoms with E-state index >= 15 is 0 Å². The Labute approximate surface area is 114 Å². The van der Waals surface area contributed by atoms with Gasteiger partial charge < -0.3 is 5.32 Å². The Morgan fingerprint density at radius 3 is 2.58 bits per heavy atom. The number of hydrogen-bond donors (Lipinski definition) is 1. The topological polar surface area (TPSA) is 29.1 Å². The van der Waals surface area contributed by atoms with E-state index < -0.39 is 0 Å². The zero-order chi connectivity index (χ0) is 13.8. The van der Waals surface area contributed by atoms with Gasteiger partial charge in [-0.1, -0.05) is 31.2 Å². The zero-order valence-electron chi connectivity index (χ0n) is 11.7. The van der Waals surface area contributed by atoms with Crippen LogP contribution in [0.25, 0.3) is 0 Å². The molecule has 0 saturated carbocycles. The highest BCUT2D eigenvalue weighted by Crippen LogP contribution is 2.16. The molecule has 0 aromatic heterocycles. The third-order valence-electron chi connectivity index (χ3n) is 3.44. The molecule has 19 heavy (non-hydrogen) atoms. The van der Waals surface area contributed by atoms with Crippen molar-refractivity contribution in [3.05, 3.63) is 64.7 Å². The highest BCUT2D eigenvalue weighted by atomic mass is 16.1. The van der Waals surface area contributed by atoms with Gasteiger partial charge in [0, 0.05) is 11.3 Å². The normalized spacial score (nSPS) is 10.3. The van der Waals surface area contributed by atoms with E-state index in [-0.39, 0.29) is 5.91 Å². The Morgan fingerprint density at radius 2 is 1.84 bits per heavy atom. The number of carbonyl (C=O) groups is 1. The summed E-state index contributed by atoms with van der Waals surface area (Å²) in [5.41, 5.74) is 4.98. The molecule has 0 unspecified atom stereocenters. The molecule has 0 spiro atoms. The molecule has 2 rings (SSSR count). The molecule has 1 amide bonds. The van der Waals surface area contributed by atoms with E-state index in [4.69, 9.17) is 0 Å². The van der Waals surface area contributed by atoms with Crippen molar-refractivity contribution >= 4 is 11.6 Å². The lowest BCUT2D eigenvalue weighted by Gasteiger charge is -2.10. The number of aryl methyl sites for hydroxylation is 2. The first kappa shape index (κ1) is 13.3. The quantitative estimate of drug-likeness (QED) is 0.876. The highest BCUT2D eigenvalue weighted by Gasteiger charge is 2.10. The van der Waals surface area contributed by atoms with Crippen LogP contribution in [0.3, 0.4) is 0 Å². The minimum atomic E-state index is -0.0468. The predicted octanol–water partition coefficient (Wildman–Crippen LogP) is 4.12. The summed E-state index contributed by atoms with van der Waals surface area (Å²) in [6.45, 7) is 6.10. The van der Waals surface area contributed by atoms with Crippen LogP contribution in [-0.4, -0.2) is 5.91 Å². The zero-order valence-corrected chi connectivity index (χ0v) is 11.7. The lowest BCUT2D eigenvalue weighted by molar-refractivity contribution is 0.102. The standard InChI is InChI=1S/C17H19NO/c1-4-14-8-6-9-15(11-14)18-17(19)16-10-5-7-12(2)13(16)3/h5-11H,4H2,1-3H3,(H,18,19). The fourth-order valence-electron chi connectivity index (χ4n) is 2.06. The van der Waals surface area contributed by atoms with Gasteiger partial charge in [0.1, 0.15) is 0 Å². The van der Waals surface area contributed by atoms with Crippen molar-refractivity contribution in [3.8, 4) is 0 Å². The first-order valence-corrected chi connectivity index (χ1v) is 6.58. The van der Waals surface area contributed by atoms with E-state index in [2.05, 4.69) is 18.3 Å². The van der Waals surface area contributed by atoms with Crippen LogP contribution in [0.2, 0.25) is 0 Å². The molecule has 0 aliphatic heterocycles. The fraction of sp³-hybridized carbons (Fsp3) is 0.235. The molecule has 0 atom stereocenters. The fourth-order valence-corrected chi connectivity index (χ4v) is 2.06. The van der Waals surface area contributed by atoms with Gasteiger partial charge >= 0.3 is 0 Å². The van der Waals surface area contributed by atoms with Crippen LogP contribution in [0.15, 0.2) is 42.5 Å². The number of benzene rings is 2. The van der Waals surface area contributed by atoms with Crippen LogP contribution in [0.4, 0.5) is 5.69 Å². The van der Waals surface area contributed by atoms with Crippen LogP contribution >= 0.6 is 0 Å². The summed E-state index contributed by atoms with van der Waals surface area (Å²) in [4.78, 5) is 12.3. The number of hydrogen-bond acceptors (Lipinski definition) is 1. The van der Waals surface area contributed by atoms with Gasteiger partial charge in [-0.25, -0.2) is 0 Å². The van der Waals surface area contributed by atoms with E-state index in [0.717, 1.165) is 28.8 Å². The number of amides is 1. The number of carbonyl (C=O) groups excluding carboxylic acids is 1. The van der Waals surface area contributed by atoms with Gasteiger partial charge in [0.05, 0.1) is 0 Å². The average molecular weight is 253 g/mol. The molecule has 2 aromatic carbocycles. The summed E-state index contributed by atoms with van der Waals surface area (Å²) in [6.07, 6.45) is 0.965. The van der Waals surface area contributed by atoms with Crippen molar-refractivity contribution in [1.82, 2.24) is 0 Å². The van der Waals surface area contributed by atoms with Gasteiger partial charge in [0.25, 0.3) is 5.91 Å². The first-order chi connectivity index (χ1) is 9.11. The molecule has 1 N–H and O–H groups in total. The van der Waals surface area contributed by atoms with E-state index in [0.29, 0.717) is 0 Å². The van der Waals surface area contributed by atoms with Gasteiger partial charge in [-0.05, 0) is 55.2 Å². The maximum Gasteiger partial charge on any atom is 0.255 e. The smallest absolute Gasteiger partial charge is 0.255 e. The maximum atomic E-state index is 12.3. The van der Waals surface area contributed by atoms with Crippen LogP contribution in [0.5, 0.6) is 0 Å². The van der Waals surface area contributed by atoms with Crippen molar-refractivity contribution in [1.29, 1.82) is 0 Å². The monoisotopic (exact) mass is 253 g/mol. The minimum absolute atomic E-state index is 0.0468. The van der Waals surface area contributed by atoms with Crippen LogP contribution in [-0.2, 0) is 6.42 Å². The van der Waals surface area contributed by atoms with Crippen LogP contribution < -0.4 is 5.32 Å². The number of rotatable bonds is 3. The molecular weight excluding hydrogens is 234 g/mol. The second-order valence-electron chi connectivity index (χ2n) is 4.76. The molecule has 2 heteroatoms. The molecular formula is C17H19NO. The lowest BCUT2D eigenvalue weighted by atomic mass is 10.0. The largest absolute Gasteiger partial charge is 0.322 e. The van der Waals surface area contributed by atoms with Gasteiger partial charge in [-0.3, -0.25) is 4.79 Å². The SMILES string of the molecule is CCc1cccc(NC(=O)c2cccc(C)c2C)c1. The van der Waals surface area contributed by atoms with Crippen molar-refractivity contribution in [3.63, 3.8) is 0 Å². The lowest BCUT2D eigenvalue weighted by Crippen LogP contribution is -2.13. The van der Waals surface area contributed by atoms with Gasteiger partial charge in [0.15, 0.2) is 0 Å². The van der Waals surface area contributed by atoms with Crippen molar-refractivity contribution < 1.29 is 4.79 Å². The Morgan fingerprint density at radius 1 is 1.11 bits per heavy atom. The van der Waals surface area contributed by atoms with Crippen LogP contribution in [0.1, 0.15) is 34.0 Å². The number of nitrogens with one attached hydrogen (secondary N) is 1. The van der Waals surface area contributed by atoms with E-state index in [1.54, 1.807) is 0 Å². The molecule has 0 saturated heterocycles. The van der Waals surface area contributed by atoms with Crippen molar-refractivity contribution in [2.75, 3.05) is 5.32 Å². The summed E-state index contributed by atoms with van der Waals surface area (Å²) in [7, 11) is 0. The molecule has 0 bridgehead atoms. The van der Waals surface area contributed by atoms with E-state index in [9.17, 15) is 4.79 Å². The molecule has 0 fully saturated rings. The van der Waals surface area contributed by atoms with Crippen LogP contribution in [0, 0.1) is 13.8 Å². The summed E-state index contributed by atoms with van der Waals surface area (Å²) >= 11 is 0. The second-order valence-corrected chi connectivity index (χ2v) is 4.76. The van der Waals surface area contributed by atoms with E-state index in [1.165, 1.54) is 5.56 Å². The third kappa shape index (κ3) is 3.02. The van der Waals surface area contributed by atoms with Gasteiger partial charge in [0.2, 0.25) is 0 Å². The summed E-state index contributed by atoms with van der Waals surface area (Å²) in [6, 6.07) is 13.8. The molecule has 0 heterocycles. The van der Waals surface area contributed by atoms with Crippen molar-refractivity contribution in [2.45, 2.75) is 27.2 Å². The number of anilines is 1. The highest BCUT2D eigenvalue weighted by molar-refractivity contribution is 6.05. The molecule has 2 nitrogen and oxygen atoms in total. The molecule has 0 radical (unpaired) electrons. The Kier molecular flexibility index (Phi) is 4.00. The first-order valence-electron chi connectivity index (χ1n) is 6.58. The second kappa shape index (κ2) is 5.70. The molecule has 0 aliphatic carbocycles. The summed E-state index contributed by atoms with van der Waals surface area (Å²) in [5.74, 6) is -0.0468. The maximum absolute atomic E-state index is 12.3. The Bertz CT molecular complexity index is 602. The minimum Gasteiger partial charge on any atom is -0.322 e. The predicted molar refractivity (Wildman–Crippen MR) is 79.7 cm³/mol. The molecule has 0 aliphatic rings. The van der Waals surface area contributed by atoms with Gasteiger partial charge in [-0.15, -0.1) is 0 Å². The van der Waals surface area contributed by atoms with Crippen molar-refractivity contribution in [2.24, 2.45) is 0 Å². The third-order valence-corrected chi connectivity index (χ3v) is 3.44. The summed E-state index contributed by atoms with van der Waals surface area (Å²) < 4.78 is 0. The average Bonchev–Trinajstić information content (AvgIpc) is 2.42. The molecule has 98 valence electrons.